The molecule has 2 fully saturated rings. The predicted octanol–water partition coefficient (Wildman–Crippen LogP) is 1.91. The van der Waals surface area contributed by atoms with E-state index in [0.29, 0.717) is 11.8 Å². The maximum Gasteiger partial charge on any atom is 0.0661 e. The molecule has 0 aromatic heterocycles. The van der Waals surface area contributed by atoms with Gasteiger partial charge < -0.3 is 5.73 Å². The summed E-state index contributed by atoms with van der Waals surface area (Å²) < 4.78 is 0. The van der Waals surface area contributed by atoms with E-state index in [4.69, 9.17) is 11.0 Å². The molecular weight excluding hydrogens is 160 g/mol. The Morgan fingerprint density at radius 2 is 2.08 bits per heavy atom. The molecule has 2 N–H and O–H groups in total. The van der Waals surface area contributed by atoms with Crippen LogP contribution in [0.25, 0.3) is 0 Å². The molecule has 0 saturated heterocycles. The van der Waals surface area contributed by atoms with E-state index < -0.39 is 0 Å². The Kier molecular flexibility index (Phi) is 2.55. The van der Waals surface area contributed by atoms with Gasteiger partial charge in [0.05, 0.1) is 12.0 Å². The zero-order valence-corrected chi connectivity index (χ0v) is 8.08. The fraction of sp³-hybridized carbons (Fsp3) is 0.909. The highest BCUT2D eigenvalue weighted by Crippen LogP contribution is 2.53. The molecule has 2 aliphatic carbocycles. The third-order valence-electron chi connectivity index (χ3n) is 3.98. The molecule has 0 spiro atoms. The van der Waals surface area contributed by atoms with E-state index in [1.807, 2.05) is 0 Å². The highest BCUT2D eigenvalue weighted by Gasteiger charge is 2.46. The maximum absolute atomic E-state index is 9.08. The van der Waals surface area contributed by atoms with Gasteiger partial charge in [-0.05, 0) is 56.4 Å². The van der Waals surface area contributed by atoms with Gasteiger partial charge in [0.1, 0.15) is 0 Å². The maximum atomic E-state index is 9.08. The first-order chi connectivity index (χ1) is 6.36. The third kappa shape index (κ3) is 1.46. The molecule has 4 atom stereocenters. The average molecular weight is 178 g/mol. The SMILES string of the molecule is N#C[C@@H]1[C@H]2CC[C@H](C2)[C@@H]1CCCN. The summed E-state index contributed by atoms with van der Waals surface area (Å²) in [6, 6.07) is 2.51. The Morgan fingerprint density at radius 3 is 2.77 bits per heavy atom. The van der Waals surface area contributed by atoms with Crippen molar-refractivity contribution in [3.8, 4) is 6.07 Å². The van der Waals surface area contributed by atoms with E-state index in [2.05, 4.69) is 6.07 Å². The van der Waals surface area contributed by atoms with Gasteiger partial charge in [0.25, 0.3) is 0 Å². The minimum Gasteiger partial charge on any atom is -0.330 e. The van der Waals surface area contributed by atoms with E-state index in [1.165, 1.54) is 25.7 Å². The number of fused-ring (bicyclic) bond motifs is 2. The number of hydrogen-bond acceptors (Lipinski definition) is 2. The van der Waals surface area contributed by atoms with Gasteiger partial charge in [-0.2, -0.15) is 5.26 Å². The van der Waals surface area contributed by atoms with Gasteiger partial charge in [0.15, 0.2) is 0 Å². The predicted molar refractivity (Wildman–Crippen MR) is 51.7 cm³/mol. The number of hydrogen-bond donors (Lipinski definition) is 1. The lowest BCUT2D eigenvalue weighted by atomic mass is 9.78. The van der Waals surface area contributed by atoms with Crippen LogP contribution in [0.3, 0.4) is 0 Å². The van der Waals surface area contributed by atoms with Crippen molar-refractivity contribution in [2.75, 3.05) is 6.54 Å². The van der Waals surface area contributed by atoms with Crippen LogP contribution in [-0.2, 0) is 0 Å². The minimum atomic E-state index is 0.366. The van der Waals surface area contributed by atoms with Crippen LogP contribution in [0, 0.1) is 35.0 Å². The first-order valence-electron chi connectivity index (χ1n) is 5.46. The van der Waals surface area contributed by atoms with E-state index in [9.17, 15) is 0 Å². The molecule has 2 bridgehead atoms. The van der Waals surface area contributed by atoms with E-state index in [1.54, 1.807) is 0 Å². The molecule has 13 heavy (non-hydrogen) atoms. The Labute approximate surface area is 80.1 Å². The molecule has 2 aliphatic rings. The monoisotopic (exact) mass is 178 g/mol. The summed E-state index contributed by atoms with van der Waals surface area (Å²) in [6.07, 6.45) is 6.30. The molecule has 0 aromatic rings. The molecule has 2 nitrogen and oxygen atoms in total. The number of nitriles is 1. The Bertz CT molecular complexity index is 219. The molecule has 2 saturated carbocycles. The normalized spacial score (nSPS) is 42.2. The second-order valence-corrected chi connectivity index (χ2v) is 4.58. The molecule has 2 rings (SSSR count). The van der Waals surface area contributed by atoms with Crippen LogP contribution in [0.4, 0.5) is 0 Å². The van der Waals surface area contributed by atoms with Crippen LogP contribution < -0.4 is 5.73 Å². The zero-order chi connectivity index (χ0) is 9.26. The van der Waals surface area contributed by atoms with Crippen molar-refractivity contribution in [1.82, 2.24) is 0 Å². The molecule has 0 amide bonds. The third-order valence-corrected chi connectivity index (χ3v) is 3.98. The molecule has 0 heterocycles. The number of nitrogens with zero attached hydrogens (tertiary/aromatic N) is 1. The first-order valence-corrected chi connectivity index (χ1v) is 5.46. The lowest BCUT2D eigenvalue weighted by Crippen LogP contribution is -2.21. The van der Waals surface area contributed by atoms with Crippen molar-refractivity contribution in [1.29, 1.82) is 5.26 Å². The lowest BCUT2D eigenvalue weighted by Gasteiger charge is -2.25. The second kappa shape index (κ2) is 3.67. The topological polar surface area (TPSA) is 49.8 Å². The summed E-state index contributed by atoms with van der Waals surface area (Å²) in [5, 5.41) is 9.08. The molecule has 0 aliphatic heterocycles. The van der Waals surface area contributed by atoms with Crippen LogP contribution in [0.5, 0.6) is 0 Å². The van der Waals surface area contributed by atoms with Gasteiger partial charge >= 0.3 is 0 Å². The molecule has 0 aromatic carbocycles. The van der Waals surface area contributed by atoms with E-state index in [0.717, 1.165) is 24.8 Å². The summed E-state index contributed by atoms with van der Waals surface area (Å²) >= 11 is 0. The van der Waals surface area contributed by atoms with E-state index in [-0.39, 0.29) is 0 Å². The summed E-state index contributed by atoms with van der Waals surface area (Å²) in [5.41, 5.74) is 5.51. The van der Waals surface area contributed by atoms with Crippen LogP contribution in [-0.4, -0.2) is 6.54 Å². The zero-order valence-electron chi connectivity index (χ0n) is 8.08. The van der Waals surface area contributed by atoms with E-state index >= 15 is 0 Å². The van der Waals surface area contributed by atoms with Crippen molar-refractivity contribution in [3.63, 3.8) is 0 Å². The van der Waals surface area contributed by atoms with Gasteiger partial charge in [0, 0.05) is 0 Å². The number of nitrogens with two attached hydrogens (primary N) is 1. The molecular formula is C11H18N2. The summed E-state index contributed by atoms with van der Waals surface area (Å²) in [4.78, 5) is 0. The van der Waals surface area contributed by atoms with Crippen molar-refractivity contribution < 1.29 is 0 Å². The van der Waals surface area contributed by atoms with Crippen LogP contribution in [0.2, 0.25) is 0 Å². The highest BCUT2D eigenvalue weighted by atomic mass is 14.5. The van der Waals surface area contributed by atoms with Crippen LogP contribution in [0.1, 0.15) is 32.1 Å². The minimum absolute atomic E-state index is 0.366. The molecule has 0 radical (unpaired) electrons. The quantitative estimate of drug-likeness (QED) is 0.717. The fourth-order valence-corrected chi connectivity index (χ4v) is 3.38. The summed E-state index contributed by atoms with van der Waals surface area (Å²) in [7, 11) is 0. The van der Waals surface area contributed by atoms with Gasteiger partial charge in [-0.25, -0.2) is 0 Å². The van der Waals surface area contributed by atoms with Crippen LogP contribution >= 0.6 is 0 Å². The summed E-state index contributed by atoms with van der Waals surface area (Å²) in [6.45, 7) is 0.784. The van der Waals surface area contributed by atoms with Crippen molar-refractivity contribution in [2.24, 2.45) is 29.4 Å². The van der Waals surface area contributed by atoms with Gasteiger partial charge in [-0.1, -0.05) is 0 Å². The fourth-order valence-electron chi connectivity index (χ4n) is 3.38. The standard InChI is InChI=1S/C11H18N2/c12-5-1-2-10-8-3-4-9(6-8)11(10)7-13/h8-11H,1-6,12H2/t8-,9+,10+,11-/m1/s1. The largest absolute Gasteiger partial charge is 0.330 e. The molecule has 72 valence electrons. The Balaban J connectivity index is 1.97. The Morgan fingerprint density at radius 1 is 1.31 bits per heavy atom. The van der Waals surface area contributed by atoms with Crippen molar-refractivity contribution in [3.05, 3.63) is 0 Å². The average Bonchev–Trinajstić information content (AvgIpc) is 2.73. The van der Waals surface area contributed by atoms with Crippen molar-refractivity contribution in [2.45, 2.75) is 32.1 Å². The van der Waals surface area contributed by atoms with Gasteiger partial charge in [0.2, 0.25) is 0 Å². The number of rotatable bonds is 3. The Hall–Kier alpha value is -0.550. The van der Waals surface area contributed by atoms with Crippen LogP contribution in [0.15, 0.2) is 0 Å². The molecule has 2 heteroatoms. The summed E-state index contributed by atoms with van der Waals surface area (Å²) in [5.74, 6) is 2.65. The second-order valence-electron chi connectivity index (χ2n) is 4.58. The highest BCUT2D eigenvalue weighted by molar-refractivity contribution is 5.04. The smallest absolute Gasteiger partial charge is 0.0661 e. The van der Waals surface area contributed by atoms with Crippen molar-refractivity contribution >= 4 is 0 Å². The first kappa shape index (κ1) is 9.02. The van der Waals surface area contributed by atoms with Gasteiger partial charge in [-0.15, -0.1) is 0 Å². The molecule has 0 unspecified atom stereocenters. The van der Waals surface area contributed by atoms with Gasteiger partial charge in [-0.3, -0.25) is 0 Å². The lowest BCUT2D eigenvalue weighted by molar-refractivity contribution is 0.253.